The van der Waals surface area contributed by atoms with Gasteiger partial charge in [-0.2, -0.15) is 0 Å². The molecule has 1 saturated heterocycles. The largest absolute Gasteiger partial charge is 0.444 e. The molecule has 134 valence electrons. The van der Waals surface area contributed by atoms with E-state index in [1.165, 1.54) is 12.8 Å². The van der Waals surface area contributed by atoms with Crippen molar-refractivity contribution in [2.45, 2.75) is 96.1 Å². The summed E-state index contributed by atoms with van der Waals surface area (Å²) in [5.74, 6) is 0. The van der Waals surface area contributed by atoms with Crippen molar-refractivity contribution < 1.29 is 19.0 Å². The predicted molar refractivity (Wildman–Crippen MR) is 89.3 cm³/mol. The molecule has 0 aromatic rings. The molecule has 1 amide bonds. The third-order valence-electron chi connectivity index (χ3n) is 5.05. The van der Waals surface area contributed by atoms with Crippen molar-refractivity contribution in [2.24, 2.45) is 0 Å². The molecule has 0 spiro atoms. The predicted octanol–water partition coefficient (Wildman–Crippen LogP) is 4.10. The van der Waals surface area contributed by atoms with E-state index in [4.69, 9.17) is 14.2 Å². The lowest BCUT2D eigenvalue weighted by Crippen LogP contribution is -2.50. The van der Waals surface area contributed by atoms with E-state index in [1.54, 1.807) is 4.90 Å². The van der Waals surface area contributed by atoms with Crippen LogP contribution in [0.5, 0.6) is 0 Å². The zero-order valence-corrected chi connectivity index (χ0v) is 15.6. The molecule has 0 N–H and O–H groups in total. The van der Waals surface area contributed by atoms with Crippen LogP contribution in [0.15, 0.2) is 0 Å². The number of nitrogens with zero attached hydrogens (tertiary/aromatic N) is 1. The molecule has 0 radical (unpaired) electrons. The quantitative estimate of drug-likeness (QED) is 0.780. The molecule has 1 heterocycles. The summed E-state index contributed by atoms with van der Waals surface area (Å²) in [4.78, 5) is 14.4. The summed E-state index contributed by atoms with van der Waals surface area (Å²) in [6, 6.07) is 0.0486. The van der Waals surface area contributed by atoms with Gasteiger partial charge in [-0.25, -0.2) is 4.79 Å². The first-order valence-corrected chi connectivity index (χ1v) is 8.80. The van der Waals surface area contributed by atoms with Crippen molar-refractivity contribution in [1.29, 1.82) is 0 Å². The van der Waals surface area contributed by atoms with Crippen LogP contribution in [0.2, 0.25) is 0 Å². The van der Waals surface area contributed by atoms with Gasteiger partial charge in [-0.3, -0.25) is 4.90 Å². The Kier molecular flexibility index (Phi) is 5.31. The van der Waals surface area contributed by atoms with Crippen molar-refractivity contribution in [3.05, 3.63) is 0 Å². The lowest BCUT2D eigenvalue weighted by Gasteiger charge is -2.36. The molecule has 23 heavy (non-hydrogen) atoms. The van der Waals surface area contributed by atoms with Crippen molar-refractivity contribution in [3.63, 3.8) is 0 Å². The van der Waals surface area contributed by atoms with E-state index in [1.807, 2.05) is 41.7 Å². The molecule has 1 atom stereocenters. The van der Waals surface area contributed by atoms with Crippen LogP contribution in [0, 0.1) is 0 Å². The average molecular weight is 327 g/mol. The maximum Gasteiger partial charge on any atom is 0.412 e. The third kappa shape index (κ3) is 4.38. The van der Waals surface area contributed by atoms with E-state index in [2.05, 4.69) is 0 Å². The molecular formula is C18H33NO4. The van der Waals surface area contributed by atoms with Crippen molar-refractivity contribution in [3.8, 4) is 0 Å². The molecule has 5 heteroatoms. The summed E-state index contributed by atoms with van der Waals surface area (Å²) in [5, 5.41) is 0. The van der Waals surface area contributed by atoms with Crippen LogP contribution in [0.3, 0.4) is 0 Å². The number of hydrogen-bond acceptors (Lipinski definition) is 4. The van der Waals surface area contributed by atoms with Crippen LogP contribution in [-0.4, -0.2) is 47.7 Å². The Morgan fingerprint density at radius 2 is 1.87 bits per heavy atom. The third-order valence-corrected chi connectivity index (χ3v) is 5.05. The van der Waals surface area contributed by atoms with E-state index in [0.29, 0.717) is 6.61 Å². The van der Waals surface area contributed by atoms with Gasteiger partial charge < -0.3 is 14.2 Å². The normalized spacial score (nSPS) is 26.5. The fraction of sp³-hybridized carbons (Fsp3) is 0.944. The first kappa shape index (κ1) is 18.5. The lowest BCUT2D eigenvalue weighted by molar-refractivity contribution is -0.0644. The van der Waals surface area contributed by atoms with Gasteiger partial charge in [-0.15, -0.1) is 0 Å². The van der Waals surface area contributed by atoms with E-state index in [-0.39, 0.29) is 17.7 Å². The van der Waals surface area contributed by atoms with E-state index in [0.717, 1.165) is 25.7 Å². The molecule has 5 nitrogen and oxygen atoms in total. The zero-order chi connectivity index (χ0) is 17.3. The molecular weight excluding hydrogens is 294 g/mol. The molecule has 2 fully saturated rings. The SMILES string of the molecule is COC1(CCC2COC(C)(C)N2C(=O)OC(C)(C)C)CCCC1. The summed E-state index contributed by atoms with van der Waals surface area (Å²) in [7, 11) is 1.81. The van der Waals surface area contributed by atoms with Gasteiger partial charge in [0.1, 0.15) is 11.3 Å². The second kappa shape index (κ2) is 6.60. The van der Waals surface area contributed by atoms with Crippen LogP contribution >= 0.6 is 0 Å². The highest BCUT2D eigenvalue weighted by Gasteiger charge is 2.46. The molecule has 0 aromatic carbocycles. The van der Waals surface area contributed by atoms with Gasteiger partial charge in [0.15, 0.2) is 0 Å². The summed E-state index contributed by atoms with van der Waals surface area (Å²) in [6.45, 7) is 10.1. The number of amides is 1. The second-order valence-electron chi connectivity index (χ2n) is 8.39. The molecule has 0 aromatic heterocycles. The average Bonchev–Trinajstić information content (AvgIpc) is 2.99. The highest BCUT2D eigenvalue weighted by Crippen LogP contribution is 2.39. The number of carbonyl (C=O) groups is 1. The van der Waals surface area contributed by atoms with E-state index in [9.17, 15) is 4.79 Å². The summed E-state index contributed by atoms with van der Waals surface area (Å²) >= 11 is 0. The van der Waals surface area contributed by atoms with Gasteiger partial charge in [0.05, 0.1) is 18.2 Å². The summed E-state index contributed by atoms with van der Waals surface area (Å²) in [6.07, 6.45) is 6.26. The number of ether oxygens (including phenoxy) is 3. The maximum absolute atomic E-state index is 12.6. The van der Waals surface area contributed by atoms with E-state index < -0.39 is 11.3 Å². The van der Waals surface area contributed by atoms with Crippen LogP contribution in [-0.2, 0) is 14.2 Å². The molecule has 1 saturated carbocycles. The van der Waals surface area contributed by atoms with Crippen LogP contribution < -0.4 is 0 Å². The zero-order valence-electron chi connectivity index (χ0n) is 15.6. The Morgan fingerprint density at radius 3 is 2.39 bits per heavy atom. The fourth-order valence-electron chi connectivity index (χ4n) is 3.78. The number of rotatable bonds is 4. The molecule has 1 aliphatic carbocycles. The number of hydrogen-bond donors (Lipinski definition) is 0. The van der Waals surface area contributed by atoms with Crippen molar-refractivity contribution in [1.82, 2.24) is 4.90 Å². The lowest BCUT2D eigenvalue weighted by atomic mass is 9.93. The molecule has 2 rings (SSSR count). The van der Waals surface area contributed by atoms with E-state index >= 15 is 0 Å². The Bertz CT molecular complexity index is 421. The van der Waals surface area contributed by atoms with Gasteiger partial charge in [0, 0.05) is 7.11 Å². The van der Waals surface area contributed by atoms with Gasteiger partial charge in [0.2, 0.25) is 0 Å². The Morgan fingerprint density at radius 1 is 1.26 bits per heavy atom. The molecule has 0 bridgehead atoms. The topological polar surface area (TPSA) is 48.0 Å². The van der Waals surface area contributed by atoms with Gasteiger partial charge in [0.25, 0.3) is 0 Å². The highest BCUT2D eigenvalue weighted by atomic mass is 16.6. The minimum Gasteiger partial charge on any atom is -0.444 e. The Labute approximate surface area is 140 Å². The standard InChI is InChI=1S/C18H33NO4/c1-16(2,3)23-15(20)19-14(13-22-17(19,4)5)9-12-18(21-6)10-7-8-11-18/h14H,7-13H2,1-6H3. The Balaban J connectivity index is 2.03. The highest BCUT2D eigenvalue weighted by molar-refractivity contribution is 5.69. The van der Waals surface area contributed by atoms with Gasteiger partial charge in [-0.05, 0) is 60.3 Å². The first-order valence-electron chi connectivity index (χ1n) is 8.80. The minimum atomic E-state index is -0.622. The number of methoxy groups -OCH3 is 1. The van der Waals surface area contributed by atoms with Crippen LogP contribution in [0.1, 0.15) is 73.1 Å². The van der Waals surface area contributed by atoms with Crippen LogP contribution in [0.4, 0.5) is 4.79 Å². The smallest absolute Gasteiger partial charge is 0.412 e. The first-order chi connectivity index (χ1) is 10.6. The number of carbonyl (C=O) groups excluding carboxylic acids is 1. The molecule has 1 unspecified atom stereocenters. The Hall–Kier alpha value is -0.810. The minimum absolute atomic E-state index is 0.00760. The second-order valence-corrected chi connectivity index (χ2v) is 8.39. The maximum atomic E-state index is 12.6. The summed E-state index contributed by atoms with van der Waals surface area (Å²) < 4.78 is 17.3. The van der Waals surface area contributed by atoms with Crippen molar-refractivity contribution in [2.75, 3.05) is 13.7 Å². The molecule has 2 aliphatic rings. The fourth-order valence-corrected chi connectivity index (χ4v) is 3.78. The summed E-state index contributed by atoms with van der Waals surface area (Å²) in [5.41, 5.74) is -1.13. The monoisotopic (exact) mass is 327 g/mol. The molecule has 1 aliphatic heterocycles. The van der Waals surface area contributed by atoms with Crippen molar-refractivity contribution >= 4 is 6.09 Å². The van der Waals surface area contributed by atoms with Gasteiger partial charge >= 0.3 is 6.09 Å². The van der Waals surface area contributed by atoms with Crippen LogP contribution in [0.25, 0.3) is 0 Å². The van der Waals surface area contributed by atoms with Gasteiger partial charge in [-0.1, -0.05) is 12.8 Å².